The van der Waals surface area contributed by atoms with Crippen LogP contribution < -0.4 is 4.74 Å². The number of aromatic nitrogens is 4. The van der Waals surface area contributed by atoms with Gasteiger partial charge in [0.25, 0.3) is 5.91 Å². The van der Waals surface area contributed by atoms with Gasteiger partial charge < -0.3 is 9.64 Å². The second-order valence-electron chi connectivity index (χ2n) is 6.69. The third-order valence-electron chi connectivity index (χ3n) is 4.31. The fourth-order valence-electron chi connectivity index (χ4n) is 3.25. The van der Waals surface area contributed by atoms with E-state index in [9.17, 15) is 4.79 Å². The number of piperidine rings is 1. The van der Waals surface area contributed by atoms with Crippen molar-refractivity contribution < 1.29 is 9.53 Å². The molecule has 0 saturated carbocycles. The molecule has 1 aliphatic heterocycles. The lowest BCUT2D eigenvalue weighted by Gasteiger charge is -2.35. The molecule has 2 aromatic rings. The van der Waals surface area contributed by atoms with Crippen molar-refractivity contribution in [1.82, 2.24) is 25.1 Å². The SMILES string of the molecule is C[C@H]1C[C@H](C)CN(C(=O)c2cccc(OCc3nnnn3C)c2)C1. The van der Waals surface area contributed by atoms with Crippen molar-refractivity contribution in [3.8, 4) is 5.75 Å². The molecule has 2 heterocycles. The molecule has 0 radical (unpaired) electrons. The molecule has 1 amide bonds. The molecule has 0 N–H and O–H groups in total. The molecule has 7 heteroatoms. The van der Waals surface area contributed by atoms with E-state index in [0.717, 1.165) is 13.1 Å². The first-order valence-electron chi connectivity index (χ1n) is 8.26. The number of ether oxygens (including phenoxy) is 1. The summed E-state index contributed by atoms with van der Waals surface area (Å²) in [7, 11) is 1.76. The monoisotopic (exact) mass is 329 g/mol. The summed E-state index contributed by atoms with van der Waals surface area (Å²) in [6.45, 7) is 6.30. The van der Waals surface area contributed by atoms with Crippen LogP contribution >= 0.6 is 0 Å². The fourth-order valence-corrected chi connectivity index (χ4v) is 3.25. The van der Waals surface area contributed by atoms with Crippen LogP contribution in [0.15, 0.2) is 24.3 Å². The quantitative estimate of drug-likeness (QED) is 0.857. The van der Waals surface area contributed by atoms with Crippen molar-refractivity contribution in [3.05, 3.63) is 35.7 Å². The minimum Gasteiger partial charge on any atom is -0.486 e. The van der Waals surface area contributed by atoms with Crippen LogP contribution in [-0.4, -0.2) is 44.1 Å². The van der Waals surface area contributed by atoms with Crippen LogP contribution in [0.5, 0.6) is 5.75 Å². The van der Waals surface area contributed by atoms with Crippen LogP contribution in [0.2, 0.25) is 0 Å². The average molecular weight is 329 g/mol. The highest BCUT2D eigenvalue weighted by atomic mass is 16.5. The smallest absolute Gasteiger partial charge is 0.254 e. The molecule has 0 unspecified atom stereocenters. The van der Waals surface area contributed by atoms with Gasteiger partial charge in [-0.25, -0.2) is 4.68 Å². The average Bonchev–Trinajstić information content (AvgIpc) is 2.97. The van der Waals surface area contributed by atoms with Crippen LogP contribution in [0.1, 0.15) is 36.5 Å². The number of aryl methyl sites for hydroxylation is 1. The lowest BCUT2D eigenvalue weighted by atomic mass is 9.91. The van der Waals surface area contributed by atoms with E-state index in [1.54, 1.807) is 17.8 Å². The van der Waals surface area contributed by atoms with E-state index in [4.69, 9.17) is 4.74 Å². The van der Waals surface area contributed by atoms with E-state index < -0.39 is 0 Å². The zero-order chi connectivity index (χ0) is 17.1. The Morgan fingerprint density at radius 2 is 2.04 bits per heavy atom. The van der Waals surface area contributed by atoms with E-state index in [2.05, 4.69) is 29.4 Å². The largest absolute Gasteiger partial charge is 0.486 e. The summed E-state index contributed by atoms with van der Waals surface area (Å²) in [5.41, 5.74) is 0.657. The lowest BCUT2D eigenvalue weighted by molar-refractivity contribution is 0.0622. The van der Waals surface area contributed by atoms with Crippen molar-refractivity contribution >= 4 is 5.91 Å². The number of likely N-dealkylation sites (tertiary alicyclic amines) is 1. The van der Waals surface area contributed by atoms with Gasteiger partial charge in [-0.2, -0.15) is 0 Å². The van der Waals surface area contributed by atoms with Crippen molar-refractivity contribution in [1.29, 1.82) is 0 Å². The van der Waals surface area contributed by atoms with E-state index >= 15 is 0 Å². The normalized spacial score (nSPS) is 20.9. The molecule has 7 nitrogen and oxygen atoms in total. The third kappa shape index (κ3) is 3.72. The number of carbonyl (C=O) groups is 1. The summed E-state index contributed by atoms with van der Waals surface area (Å²) < 4.78 is 7.28. The van der Waals surface area contributed by atoms with Crippen molar-refractivity contribution in [2.45, 2.75) is 26.9 Å². The number of benzene rings is 1. The van der Waals surface area contributed by atoms with Crippen molar-refractivity contribution in [2.24, 2.45) is 18.9 Å². The van der Waals surface area contributed by atoms with Crippen LogP contribution in [0.3, 0.4) is 0 Å². The molecule has 24 heavy (non-hydrogen) atoms. The predicted molar refractivity (Wildman–Crippen MR) is 88.4 cm³/mol. The summed E-state index contributed by atoms with van der Waals surface area (Å²) in [6, 6.07) is 7.30. The zero-order valence-corrected chi connectivity index (χ0v) is 14.3. The maximum absolute atomic E-state index is 12.8. The summed E-state index contributed by atoms with van der Waals surface area (Å²) in [5.74, 6) is 2.42. The molecular weight excluding hydrogens is 306 g/mol. The molecule has 1 fully saturated rings. The highest BCUT2D eigenvalue weighted by Gasteiger charge is 2.26. The van der Waals surface area contributed by atoms with Crippen LogP contribution in [0, 0.1) is 11.8 Å². The van der Waals surface area contributed by atoms with Gasteiger partial charge in [0.05, 0.1) is 0 Å². The Hall–Kier alpha value is -2.44. The molecular formula is C17H23N5O2. The molecule has 2 atom stereocenters. The van der Waals surface area contributed by atoms with E-state index in [0.29, 0.717) is 29.0 Å². The lowest BCUT2D eigenvalue weighted by Crippen LogP contribution is -2.42. The molecule has 1 saturated heterocycles. The fraction of sp³-hybridized carbons (Fsp3) is 0.529. The molecule has 1 aliphatic rings. The molecule has 1 aromatic carbocycles. The van der Waals surface area contributed by atoms with Crippen molar-refractivity contribution in [3.63, 3.8) is 0 Å². The van der Waals surface area contributed by atoms with Gasteiger partial charge in [-0.1, -0.05) is 19.9 Å². The highest BCUT2D eigenvalue weighted by Crippen LogP contribution is 2.23. The molecule has 1 aromatic heterocycles. The van der Waals surface area contributed by atoms with Gasteiger partial charge in [0.1, 0.15) is 12.4 Å². The first kappa shape index (κ1) is 16.4. The number of tetrazole rings is 1. The molecule has 0 aliphatic carbocycles. The van der Waals surface area contributed by atoms with Gasteiger partial charge in [-0.05, 0) is 46.9 Å². The Kier molecular flexibility index (Phi) is 4.78. The predicted octanol–water partition coefficient (Wildman–Crippen LogP) is 1.91. The first-order valence-corrected chi connectivity index (χ1v) is 8.26. The number of amides is 1. The number of carbonyl (C=O) groups excluding carboxylic acids is 1. The van der Waals surface area contributed by atoms with Crippen LogP contribution in [0.25, 0.3) is 0 Å². The Morgan fingerprint density at radius 3 is 2.71 bits per heavy atom. The van der Waals surface area contributed by atoms with Gasteiger partial charge in [-0.15, -0.1) is 5.10 Å². The van der Waals surface area contributed by atoms with E-state index in [-0.39, 0.29) is 12.5 Å². The van der Waals surface area contributed by atoms with E-state index in [1.165, 1.54) is 6.42 Å². The second kappa shape index (κ2) is 6.98. The minimum atomic E-state index is 0.0687. The van der Waals surface area contributed by atoms with Gasteiger partial charge >= 0.3 is 0 Å². The topological polar surface area (TPSA) is 73.1 Å². The van der Waals surface area contributed by atoms with E-state index in [1.807, 2.05) is 23.1 Å². The summed E-state index contributed by atoms with van der Waals surface area (Å²) in [4.78, 5) is 14.7. The number of hydrogen-bond acceptors (Lipinski definition) is 5. The van der Waals surface area contributed by atoms with Crippen molar-refractivity contribution in [2.75, 3.05) is 13.1 Å². The Balaban J connectivity index is 1.68. The maximum Gasteiger partial charge on any atom is 0.254 e. The Bertz CT molecular complexity index is 705. The second-order valence-corrected chi connectivity index (χ2v) is 6.69. The molecule has 128 valence electrons. The third-order valence-corrected chi connectivity index (χ3v) is 4.31. The van der Waals surface area contributed by atoms with Gasteiger partial charge in [0.2, 0.25) is 0 Å². The maximum atomic E-state index is 12.8. The zero-order valence-electron chi connectivity index (χ0n) is 14.3. The van der Waals surface area contributed by atoms with Gasteiger partial charge in [0, 0.05) is 25.7 Å². The van der Waals surface area contributed by atoms with Crippen LogP contribution in [0.4, 0.5) is 0 Å². The number of rotatable bonds is 4. The number of nitrogens with zero attached hydrogens (tertiary/aromatic N) is 5. The minimum absolute atomic E-state index is 0.0687. The first-order chi connectivity index (χ1) is 11.5. The molecule has 0 spiro atoms. The Labute approximate surface area is 141 Å². The van der Waals surface area contributed by atoms with Gasteiger partial charge in [-0.3, -0.25) is 4.79 Å². The standard InChI is InChI=1S/C17H23N5O2/c1-12-7-13(2)10-22(9-12)17(23)14-5-4-6-15(8-14)24-11-16-18-19-20-21(16)3/h4-6,8,12-13H,7,9-11H2,1-3H3/t12-,13-/m0/s1. The summed E-state index contributed by atoms with van der Waals surface area (Å²) >= 11 is 0. The highest BCUT2D eigenvalue weighted by molar-refractivity contribution is 5.94. The van der Waals surface area contributed by atoms with Crippen LogP contribution in [-0.2, 0) is 13.7 Å². The van der Waals surface area contributed by atoms with Gasteiger partial charge in [0.15, 0.2) is 5.82 Å². The Morgan fingerprint density at radius 1 is 1.29 bits per heavy atom. The summed E-state index contributed by atoms with van der Waals surface area (Å²) in [5, 5.41) is 11.2. The molecule has 3 rings (SSSR count). The number of hydrogen-bond donors (Lipinski definition) is 0. The molecule has 0 bridgehead atoms. The summed E-state index contributed by atoms with van der Waals surface area (Å²) in [6.07, 6.45) is 1.18.